The molecule has 0 aliphatic carbocycles. The maximum atomic E-state index is 11.9. The van der Waals surface area contributed by atoms with Crippen LogP contribution in [-0.4, -0.2) is 20.6 Å². The molecule has 0 radical (unpaired) electrons. The molecule has 18 heavy (non-hydrogen) atoms. The molecule has 1 aromatic carbocycles. The molecule has 0 saturated heterocycles. The number of sulfonamides is 1. The van der Waals surface area contributed by atoms with Crippen LogP contribution in [0.3, 0.4) is 0 Å². The summed E-state index contributed by atoms with van der Waals surface area (Å²) in [6.07, 6.45) is 0. The van der Waals surface area contributed by atoms with Crippen LogP contribution < -0.4 is 10.9 Å². The lowest BCUT2D eigenvalue weighted by Gasteiger charge is -2.16. The first kappa shape index (κ1) is 13.2. The molecule has 0 saturated carbocycles. The van der Waals surface area contributed by atoms with Crippen molar-refractivity contribution in [1.82, 2.24) is 10.9 Å². The van der Waals surface area contributed by atoms with E-state index >= 15 is 0 Å². The molecule has 0 aromatic heterocycles. The number of benzene rings is 1. The SMILES string of the molecule is CNNC1=NS(=O)(=O)c2cc(C#N)c(Cl)cc2S1. The van der Waals surface area contributed by atoms with Crippen LogP contribution in [0.15, 0.2) is 26.3 Å². The van der Waals surface area contributed by atoms with Crippen LogP contribution in [0.2, 0.25) is 5.02 Å². The number of hydrazine groups is 1. The Kier molecular flexibility index (Phi) is 3.49. The number of rotatable bonds is 1. The molecular weight excluding hydrogens is 296 g/mol. The summed E-state index contributed by atoms with van der Waals surface area (Å²) in [4.78, 5) is 0.432. The summed E-state index contributed by atoms with van der Waals surface area (Å²) < 4.78 is 27.4. The number of thioether (sulfide) groups is 1. The van der Waals surface area contributed by atoms with Crippen molar-refractivity contribution in [2.45, 2.75) is 9.79 Å². The summed E-state index contributed by atoms with van der Waals surface area (Å²) in [6.45, 7) is 0. The number of hydrogen-bond acceptors (Lipinski definition) is 6. The smallest absolute Gasteiger partial charge is 0.285 e. The number of fused-ring (bicyclic) bond motifs is 1. The van der Waals surface area contributed by atoms with E-state index in [0.29, 0.717) is 4.90 Å². The van der Waals surface area contributed by atoms with E-state index in [2.05, 4.69) is 15.2 Å². The van der Waals surface area contributed by atoms with E-state index in [9.17, 15) is 8.42 Å². The van der Waals surface area contributed by atoms with Crippen molar-refractivity contribution < 1.29 is 8.42 Å². The van der Waals surface area contributed by atoms with Crippen LogP contribution in [-0.2, 0) is 10.0 Å². The first-order valence-electron chi connectivity index (χ1n) is 4.67. The molecule has 2 N–H and O–H groups in total. The lowest BCUT2D eigenvalue weighted by molar-refractivity contribution is 0.595. The lowest BCUT2D eigenvalue weighted by atomic mass is 10.2. The van der Waals surface area contributed by atoms with E-state index in [0.717, 1.165) is 11.8 Å². The van der Waals surface area contributed by atoms with Gasteiger partial charge in [0.2, 0.25) is 0 Å². The predicted octanol–water partition coefficient (Wildman–Crippen LogP) is 1.09. The monoisotopic (exact) mass is 302 g/mol. The van der Waals surface area contributed by atoms with Crippen molar-refractivity contribution in [3.8, 4) is 6.07 Å². The highest BCUT2D eigenvalue weighted by Crippen LogP contribution is 2.36. The zero-order valence-corrected chi connectivity index (χ0v) is 11.4. The van der Waals surface area contributed by atoms with Gasteiger partial charge in [-0.15, -0.1) is 4.40 Å². The fraction of sp³-hybridized carbons (Fsp3) is 0.111. The van der Waals surface area contributed by atoms with Gasteiger partial charge in [0.25, 0.3) is 10.0 Å². The number of hydrogen-bond donors (Lipinski definition) is 2. The predicted molar refractivity (Wildman–Crippen MR) is 68.8 cm³/mol. The second-order valence-corrected chi connectivity index (χ2v) is 6.25. The highest BCUT2D eigenvalue weighted by atomic mass is 35.5. The van der Waals surface area contributed by atoms with Gasteiger partial charge in [-0.3, -0.25) is 5.43 Å². The minimum absolute atomic E-state index is 0.00453. The van der Waals surface area contributed by atoms with Crippen molar-refractivity contribution in [3.05, 3.63) is 22.7 Å². The number of nitrogens with one attached hydrogen (secondary N) is 2. The van der Waals surface area contributed by atoms with Crippen molar-refractivity contribution in [2.24, 2.45) is 4.40 Å². The van der Waals surface area contributed by atoms with E-state index in [1.165, 1.54) is 12.1 Å². The van der Waals surface area contributed by atoms with Crippen molar-refractivity contribution >= 4 is 38.6 Å². The minimum atomic E-state index is -3.81. The quantitative estimate of drug-likeness (QED) is 0.754. The number of nitrogens with zero attached hydrogens (tertiary/aromatic N) is 2. The summed E-state index contributed by atoms with van der Waals surface area (Å²) in [5, 5.41) is 9.24. The number of amidine groups is 1. The van der Waals surface area contributed by atoms with Crippen LogP contribution in [0.4, 0.5) is 0 Å². The van der Waals surface area contributed by atoms with Gasteiger partial charge < -0.3 is 0 Å². The molecule has 1 heterocycles. The van der Waals surface area contributed by atoms with Crippen LogP contribution >= 0.6 is 23.4 Å². The largest absolute Gasteiger partial charge is 0.300 e. The fourth-order valence-corrected chi connectivity index (χ4v) is 4.13. The average molecular weight is 303 g/mol. The molecular formula is C9H7ClN4O2S2. The molecule has 6 nitrogen and oxygen atoms in total. The van der Waals surface area contributed by atoms with E-state index in [4.69, 9.17) is 16.9 Å². The Morgan fingerprint density at radius 1 is 1.50 bits per heavy atom. The summed E-state index contributed by atoms with van der Waals surface area (Å²) in [5.41, 5.74) is 5.31. The van der Waals surface area contributed by atoms with Gasteiger partial charge in [0.1, 0.15) is 11.0 Å². The van der Waals surface area contributed by atoms with E-state index in [1.807, 2.05) is 6.07 Å². The molecule has 94 valence electrons. The maximum Gasteiger partial charge on any atom is 0.285 e. The Morgan fingerprint density at radius 3 is 2.83 bits per heavy atom. The van der Waals surface area contributed by atoms with Gasteiger partial charge in [0.15, 0.2) is 5.17 Å². The summed E-state index contributed by atoms with van der Waals surface area (Å²) in [5.74, 6) is 0. The molecule has 1 aliphatic rings. The Labute approximate surface area is 113 Å². The van der Waals surface area contributed by atoms with Crippen LogP contribution in [0.25, 0.3) is 0 Å². The van der Waals surface area contributed by atoms with Crippen molar-refractivity contribution in [1.29, 1.82) is 5.26 Å². The molecule has 2 rings (SSSR count). The molecule has 0 bridgehead atoms. The Hall–Kier alpha value is -1.27. The second kappa shape index (κ2) is 4.78. The van der Waals surface area contributed by atoms with Crippen molar-refractivity contribution in [2.75, 3.05) is 7.05 Å². The molecule has 0 unspecified atom stereocenters. The molecule has 1 aromatic rings. The Bertz CT molecular complexity index is 679. The first-order chi connectivity index (χ1) is 8.47. The number of halogens is 1. The van der Waals surface area contributed by atoms with Crippen LogP contribution in [0.1, 0.15) is 5.56 Å². The zero-order chi connectivity index (χ0) is 13.3. The van der Waals surface area contributed by atoms with Crippen LogP contribution in [0.5, 0.6) is 0 Å². The topological polar surface area (TPSA) is 94.3 Å². The van der Waals surface area contributed by atoms with E-state index < -0.39 is 10.0 Å². The van der Waals surface area contributed by atoms with Gasteiger partial charge in [-0.2, -0.15) is 13.7 Å². The minimum Gasteiger partial charge on any atom is -0.300 e. The van der Waals surface area contributed by atoms with Gasteiger partial charge in [-0.25, -0.2) is 5.43 Å². The molecule has 0 fully saturated rings. The van der Waals surface area contributed by atoms with Gasteiger partial charge in [-0.05, 0) is 23.9 Å². The summed E-state index contributed by atoms with van der Waals surface area (Å²) in [7, 11) is -2.21. The first-order valence-corrected chi connectivity index (χ1v) is 7.30. The van der Waals surface area contributed by atoms with Gasteiger partial charge in [0, 0.05) is 11.9 Å². The number of nitriles is 1. The van der Waals surface area contributed by atoms with Crippen molar-refractivity contribution in [3.63, 3.8) is 0 Å². The Morgan fingerprint density at radius 2 is 2.22 bits per heavy atom. The average Bonchev–Trinajstić information content (AvgIpc) is 2.27. The van der Waals surface area contributed by atoms with Crippen LogP contribution in [0, 0.1) is 11.3 Å². The third-order valence-electron chi connectivity index (χ3n) is 2.07. The maximum absolute atomic E-state index is 11.9. The third-order valence-corrected chi connectivity index (χ3v) is 4.89. The highest BCUT2D eigenvalue weighted by Gasteiger charge is 2.27. The third kappa shape index (κ3) is 2.30. The van der Waals surface area contributed by atoms with Gasteiger partial charge >= 0.3 is 0 Å². The van der Waals surface area contributed by atoms with Gasteiger partial charge in [-0.1, -0.05) is 11.6 Å². The normalized spacial score (nSPS) is 16.4. The van der Waals surface area contributed by atoms with E-state index in [-0.39, 0.29) is 20.6 Å². The molecule has 0 amide bonds. The standard InChI is InChI=1S/C9H7ClN4O2S2/c1-12-13-9-14-18(15,16)8-2-5(4-11)6(10)3-7(8)17-9/h2-3,12H,1H3,(H,13,14). The molecule has 1 aliphatic heterocycles. The molecule has 9 heteroatoms. The zero-order valence-electron chi connectivity index (χ0n) is 9.06. The van der Waals surface area contributed by atoms with E-state index in [1.54, 1.807) is 7.05 Å². The summed E-state index contributed by atoms with van der Waals surface area (Å²) >= 11 is 6.99. The van der Waals surface area contributed by atoms with Gasteiger partial charge in [0.05, 0.1) is 10.6 Å². The fourth-order valence-electron chi connectivity index (χ4n) is 1.34. The Balaban J connectivity index is 2.61. The molecule has 0 atom stereocenters. The lowest BCUT2D eigenvalue weighted by Crippen LogP contribution is -2.34. The highest BCUT2D eigenvalue weighted by molar-refractivity contribution is 8.15. The summed E-state index contributed by atoms with van der Waals surface area (Å²) in [6, 6.07) is 4.52. The molecule has 0 spiro atoms. The second-order valence-electron chi connectivity index (χ2n) is 3.24.